The van der Waals surface area contributed by atoms with Crippen LogP contribution in [-0.2, 0) is 60.6 Å². The molecule has 0 saturated carbocycles. The molecule has 2 aliphatic heterocycles. The summed E-state index contributed by atoms with van der Waals surface area (Å²) in [6, 6.07) is 28.0. The third-order valence-corrected chi connectivity index (χ3v) is 12.4. The number of methoxy groups -OCH3 is 2. The number of carboxylic acid groups (broad SMARTS) is 1. The van der Waals surface area contributed by atoms with Crippen LogP contribution < -0.4 is 20.1 Å². The van der Waals surface area contributed by atoms with Gasteiger partial charge >= 0.3 is 18.0 Å². The highest BCUT2D eigenvalue weighted by Gasteiger charge is 2.49. The van der Waals surface area contributed by atoms with E-state index in [0.29, 0.717) is 23.7 Å². The number of piperidine rings is 1. The van der Waals surface area contributed by atoms with Crippen LogP contribution >= 0.6 is 0 Å². The van der Waals surface area contributed by atoms with Crippen molar-refractivity contribution < 1.29 is 67.1 Å². The molecule has 0 spiro atoms. The summed E-state index contributed by atoms with van der Waals surface area (Å²) >= 11 is 0. The average molecular weight is 1020 g/mol. The van der Waals surface area contributed by atoms with Gasteiger partial charge < -0.3 is 49.1 Å². The number of benzene rings is 4. The molecule has 74 heavy (non-hydrogen) atoms. The van der Waals surface area contributed by atoms with Crippen molar-refractivity contribution in [1.82, 2.24) is 10.2 Å². The predicted octanol–water partition coefficient (Wildman–Crippen LogP) is 8.84. The molecule has 4 aromatic rings. The van der Waals surface area contributed by atoms with Crippen LogP contribution in [0.3, 0.4) is 0 Å². The van der Waals surface area contributed by atoms with E-state index in [0.717, 1.165) is 78.0 Å². The van der Waals surface area contributed by atoms with E-state index in [-0.39, 0.29) is 31.6 Å². The quantitative estimate of drug-likeness (QED) is 0.0296. The van der Waals surface area contributed by atoms with Crippen molar-refractivity contribution in [3.8, 4) is 22.6 Å². The molecule has 1 aliphatic carbocycles. The molecule has 398 valence electrons. The number of alkyl carbamates (subject to hydrolysis) is 1. The van der Waals surface area contributed by atoms with Gasteiger partial charge in [0.1, 0.15) is 19.3 Å². The van der Waals surface area contributed by atoms with Crippen LogP contribution in [0.5, 0.6) is 11.5 Å². The lowest BCUT2D eigenvalue weighted by atomic mass is 9.87. The topological polar surface area (TPSA) is 222 Å². The summed E-state index contributed by atoms with van der Waals surface area (Å²) in [5, 5.41) is 12.3. The SMILES string of the molecule is C=CC(=O)OCC(C)(C)C(=O)C(=O)N1CCCCC1C.CC.COc1ccc(CCCc2cccc(NC(=O)C(NC(=O)OCC3c4ccccc4-c4ccccc43)C3OC(C)(C)OC3=O)c2)cc1OC.O=CO. The van der Waals surface area contributed by atoms with E-state index in [4.69, 9.17) is 38.3 Å². The van der Waals surface area contributed by atoms with Crippen molar-refractivity contribution in [3.05, 3.63) is 126 Å². The van der Waals surface area contributed by atoms with Crippen molar-refractivity contribution in [3.63, 3.8) is 0 Å². The third-order valence-electron chi connectivity index (χ3n) is 12.4. The molecule has 4 aromatic carbocycles. The fraction of sp³-hybridized carbons (Fsp3) is 0.421. The minimum absolute atomic E-state index is 0.0427. The molecule has 0 bridgehead atoms. The van der Waals surface area contributed by atoms with E-state index in [1.54, 1.807) is 52.9 Å². The predicted molar refractivity (Wildman–Crippen MR) is 279 cm³/mol. The number of ether oxygens (including phenoxy) is 6. The van der Waals surface area contributed by atoms with Gasteiger partial charge in [0.05, 0.1) is 19.6 Å². The summed E-state index contributed by atoms with van der Waals surface area (Å²) in [6.07, 6.45) is 4.17. The van der Waals surface area contributed by atoms with Crippen molar-refractivity contribution >= 4 is 47.8 Å². The minimum Gasteiger partial charge on any atom is -0.493 e. The normalized spacial score (nSPS) is 16.4. The third kappa shape index (κ3) is 16.0. The van der Waals surface area contributed by atoms with Crippen LogP contribution in [0.2, 0.25) is 0 Å². The first-order chi connectivity index (χ1) is 35.4. The second-order valence-corrected chi connectivity index (χ2v) is 18.5. The summed E-state index contributed by atoms with van der Waals surface area (Å²) in [5.74, 6) is -3.05. The lowest BCUT2D eigenvalue weighted by Crippen LogP contribution is -2.53. The van der Waals surface area contributed by atoms with E-state index in [1.165, 1.54) is 0 Å². The Hall–Kier alpha value is -7.53. The Labute approximate surface area is 433 Å². The number of nitrogens with zero attached hydrogens (tertiary/aromatic N) is 1. The number of aryl methyl sites for hydroxylation is 2. The van der Waals surface area contributed by atoms with Gasteiger partial charge in [0.25, 0.3) is 12.4 Å². The molecule has 17 heteroatoms. The number of carbonyl (C=O) groups excluding carboxylic acids is 6. The van der Waals surface area contributed by atoms with E-state index in [1.807, 2.05) is 106 Å². The first-order valence-electron chi connectivity index (χ1n) is 24.7. The number of ketones is 1. The summed E-state index contributed by atoms with van der Waals surface area (Å²) < 4.78 is 32.4. The van der Waals surface area contributed by atoms with E-state index >= 15 is 0 Å². The fourth-order valence-corrected chi connectivity index (χ4v) is 8.68. The van der Waals surface area contributed by atoms with Crippen LogP contribution in [-0.4, -0.2) is 110 Å². The van der Waals surface area contributed by atoms with Gasteiger partial charge in [0.15, 0.2) is 17.6 Å². The number of rotatable bonds is 17. The van der Waals surface area contributed by atoms with Gasteiger partial charge in [-0.2, -0.15) is 0 Å². The van der Waals surface area contributed by atoms with Gasteiger partial charge in [-0.05, 0) is 117 Å². The molecule has 3 atom stereocenters. The highest BCUT2D eigenvalue weighted by molar-refractivity contribution is 6.38. The molecule has 3 unspecified atom stereocenters. The van der Waals surface area contributed by atoms with E-state index in [9.17, 15) is 28.8 Å². The molecule has 2 fully saturated rings. The lowest BCUT2D eigenvalue weighted by molar-refractivity contribution is -0.161. The fourth-order valence-electron chi connectivity index (χ4n) is 8.68. The van der Waals surface area contributed by atoms with Crippen LogP contribution in [0.1, 0.15) is 102 Å². The average Bonchev–Trinajstić information content (AvgIpc) is 3.87. The van der Waals surface area contributed by atoms with Crippen molar-refractivity contribution in [2.24, 2.45) is 5.41 Å². The van der Waals surface area contributed by atoms with Crippen molar-refractivity contribution in [1.29, 1.82) is 0 Å². The molecular weight excluding hydrogens is 951 g/mol. The number of hydrogen-bond acceptors (Lipinski definition) is 13. The molecule has 3 N–H and O–H groups in total. The zero-order valence-electron chi connectivity index (χ0n) is 43.9. The zero-order chi connectivity index (χ0) is 54.6. The van der Waals surface area contributed by atoms with Gasteiger partial charge in [-0.15, -0.1) is 0 Å². The van der Waals surface area contributed by atoms with Gasteiger partial charge in [0, 0.05) is 44.1 Å². The molecule has 2 heterocycles. The Bertz CT molecular complexity index is 2550. The number of amides is 3. The molecule has 0 aromatic heterocycles. The van der Waals surface area contributed by atoms with E-state index < -0.39 is 59.0 Å². The van der Waals surface area contributed by atoms with Crippen LogP contribution in [0.15, 0.2) is 104 Å². The first-order valence-corrected chi connectivity index (χ1v) is 24.7. The molecule has 2 saturated heterocycles. The number of likely N-dealkylation sites (tertiary alicyclic amines) is 1. The highest BCUT2D eigenvalue weighted by Crippen LogP contribution is 2.44. The monoisotopic (exact) mass is 1020 g/mol. The van der Waals surface area contributed by atoms with Gasteiger partial charge in [0.2, 0.25) is 17.5 Å². The Morgan fingerprint density at radius 2 is 1.47 bits per heavy atom. The maximum atomic E-state index is 13.7. The van der Waals surface area contributed by atoms with Crippen molar-refractivity contribution in [2.75, 3.05) is 39.3 Å². The number of fused-ring (bicyclic) bond motifs is 3. The Kier molecular flexibility index (Phi) is 22.4. The maximum absolute atomic E-state index is 13.7. The standard InChI is InChI=1S/C39H40N2O8.C15H23NO4.C2H6.CH2O2/c1-39(2)48-35(37(43)49-39)34(41-38(44)47-23-31-29-17-7-5-15-27(29)28-16-6-8-18-30(28)31)36(42)40-26-14-10-13-24(21-26)11-9-12-25-19-20-32(45-3)33(22-25)46-4;1-5-12(17)20-10-15(3,4)13(18)14(19)16-9-7-6-8-11(16)2;1-2;2-1-3/h5-8,10,13-22,31,34-35H,9,11-12,23H2,1-4H3,(H,40,42)(H,41,44);5,11H,1,6-10H2,2-4H3;1-2H3;1H,(H,2,3). The van der Waals surface area contributed by atoms with Gasteiger partial charge in [-0.3, -0.25) is 19.2 Å². The number of cyclic esters (lactones) is 1. The molecular formula is C57H71N3O14. The Morgan fingerprint density at radius 1 is 0.865 bits per heavy atom. The second kappa shape index (κ2) is 28.1. The van der Waals surface area contributed by atoms with Crippen LogP contribution in [0.4, 0.5) is 10.5 Å². The van der Waals surface area contributed by atoms with E-state index in [2.05, 4.69) is 17.2 Å². The Morgan fingerprint density at radius 3 is 2.04 bits per heavy atom. The lowest BCUT2D eigenvalue weighted by Gasteiger charge is -2.34. The van der Waals surface area contributed by atoms with Crippen LogP contribution in [0, 0.1) is 5.41 Å². The molecule has 3 amide bonds. The summed E-state index contributed by atoms with van der Waals surface area (Å²) in [7, 11) is 3.22. The largest absolute Gasteiger partial charge is 0.493 e. The molecule has 0 radical (unpaired) electrons. The summed E-state index contributed by atoms with van der Waals surface area (Å²) in [4.78, 5) is 85.4. The number of nitrogens with one attached hydrogen (secondary N) is 2. The molecule has 3 aliphatic rings. The minimum atomic E-state index is -1.42. The molecule has 17 nitrogen and oxygen atoms in total. The van der Waals surface area contributed by atoms with Crippen LogP contribution in [0.25, 0.3) is 11.1 Å². The number of carbonyl (C=O) groups is 7. The highest BCUT2D eigenvalue weighted by atomic mass is 16.8. The summed E-state index contributed by atoms with van der Waals surface area (Å²) in [6.45, 7) is 15.9. The molecule has 7 rings (SSSR count). The summed E-state index contributed by atoms with van der Waals surface area (Å²) in [5.41, 5.74) is 5.92. The smallest absolute Gasteiger partial charge is 0.407 e. The second-order valence-electron chi connectivity index (χ2n) is 18.5. The number of Topliss-reactive ketones (excluding diaryl/α,β-unsaturated/α-hetero) is 1. The number of esters is 2. The first kappa shape index (κ1) is 59.0. The Balaban J connectivity index is 0.000000396. The van der Waals surface area contributed by atoms with Gasteiger partial charge in [-0.1, -0.05) is 87.2 Å². The van der Waals surface area contributed by atoms with Gasteiger partial charge in [-0.25, -0.2) is 14.4 Å². The zero-order valence-corrected chi connectivity index (χ0v) is 43.9. The maximum Gasteiger partial charge on any atom is 0.407 e. The van der Waals surface area contributed by atoms with Crippen molar-refractivity contribution in [2.45, 2.75) is 117 Å². The number of hydrogen-bond donors (Lipinski definition) is 3. The number of anilines is 1.